The van der Waals surface area contributed by atoms with Crippen LogP contribution in [0.4, 0.5) is 11.4 Å². The molecule has 0 aliphatic heterocycles. The molecular weight excluding hydrogens is 266 g/mol. The second-order valence-electron chi connectivity index (χ2n) is 3.92. The van der Waals surface area contributed by atoms with Gasteiger partial charge in [0.1, 0.15) is 16.4 Å². The highest BCUT2D eigenvalue weighted by Crippen LogP contribution is 2.27. The normalized spacial score (nSPS) is 11.2. The third-order valence-electron chi connectivity index (χ3n) is 2.41. The number of benzene rings is 2. The molecule has 19 heavy (non-hydrogen) atoms. The van der Waals surface area contributed by atoms with Gasteiger partial charge in [-0.15, -0.1) is 0 Å². The smallest absolute Gasteiger partial charge is 0.240 e. The van der Waals surface area contributed by atoms with Gasteiger partial charge in [-0.2, -0.15) is 0 Å². The molecule has 0 spiro atoms. The van der Waals surface area contributed by atoms with Gasteiger partial charge in [0, 0.05) is 11.8 Å². The third-order valence-corrected chi connectivity index (χ3v) is 3.37. The molecule has 0 aromatic heterocycles. The number of nitrogens with two attached hydrogens (primary N) is 3. The molecule has 0 heterocycles. The number of nitrogen functional groups attached to an aromatic ring is 2. The van der Waals surface area contributed by atoms with Crippen molar-refractivity contribution in [2.45, 2.75) is 4.90 Å². The summed E-state index contributed by atoms with van der Waals surface area (Å²) < 4.78 is 28.2. The lowest BCUT2D eigenvalue weighted by atomic mass is 10.3. The van der Waals surface area contributed by atoms with E-state index in [0.29, 0.717) is 17.2 Å². The van der Waals surface area contributed by atoms with Crippen LogP contribution in [-0.2, 0) is 10.0 Å². The number of anilines is 2. The van der Waals surface area contributed by atoms with E-state index in [1.165, 1.54) is 12.1 Å². The quantitative estimate of drug-likeness (QED) is 0.731. The van der Waals surface area contributed by atoms with E-state index in [0.717, 1.165) is 0 Å². The maximum Gasteiger partial charge on any atom is 0.240 e. The Labute approximate surface area is 110 Å². The van der Waals surface area contributed by atoms with Gasteiger partial charge in [-0.1, -0.05) is 0 Å². The minimum absolute atomic E-state index is 0.0761. The van der Waals surface area contributed by atoms with Crippen LogP contribution in [0, 0.1) is 0 Å². The molecule has 2 aromatic rings. The first-order valence-electron chi connectivity index (χ1n) is 5.32. The Morgan fingerprint density at radius 1 is 0.895 bits per heavy atom. The number of ether oxygens (including phenoxy) is 1. The lowest BCUT2D eigenvalue weighted by molar-refractivity contribution is 0.481. The average molecular weight is 279 g/mol. The summed E-state index contributed by atoms with van der Waals surface area (Å²) in [6, 6.07) is 10.9. The molecule has 0 unspecified atom stereocenters. The van der Waals surface area contributed by atoms with Crippen molar-refractivity contribution in [3.63, 3.8) is 0 Å². The van der Waals surface area contributed by atoms with Crippen LogP contribution in [0.2, 0.25) is 0 Å². The van der Waals surface area contributed by atoms with E-state index in [1.54, 1.807) is 30.3 Å². The summed E-state index contributed by atoms with van der Waals surface area (Å²) in [6.45, 7) is 0. The van der Waals surface area contributed by atoms with Crippen LogP contribution in [0.1, 0.15) is 0 Å². The van der Waals surface area contributed by atoms with Gasteiger partial charge in [-0.05, 0) is 36.4 Å². The van der Waals surface area contributed by atoms with Crippen molar-refractivity contribution in [1.82, 2.24) is 0 Å². The largest absolute Gasteiger partial charge is 0.457 e. The standard InChI is InChI=1S/C12H13N3O3S/c13-8-1-3-9(4-2-8)18-10-5-6-11(14)12(7-10)19(15,16)17/h1-7H,13-14H2,(H2,15,16,17). The highest BCUT2D eigenvalue weighted by Gasteiger charge is 2.13. The van der Waals surface area contributed by atoms with E-state index in [4.69, 9.17) is 21.3 Å². The molecule has 0 radical (unpaired) electrons. The van der Waals surface area contributed by atoms with Gasteiger partial charge in [0.25, 0.3) is 0 Å². The van der Waals surface area contributed by atoms with Gasteiger partial charge in [0.15, 0.2) is 0 Å². The van der Waals surface area contributed by atoms with Crippen LogP contribution < -0.4 is 21.3 Å². The van der Waals surface area contributed by atoms with Gasteiger partial charge in [0.2, 0.25) is 10.0 Å². The molecule has 0 saturated heterocycles. The predicted octanol–water partition coefficient (Wildman–Crippen LogP) is 1.29. The Hall–Kier alpha value is -2.25. The second-order valence-corrected chi connectivity index (χ2v) is 5.45. The van der Waals surface area contributed by atoms with E-state index in [9.17, 15) is 8.42 Å². The minimum atomic E-state index is -3.88. The lowest BCUT2D eigenvalue weighted by Crippen LogP contribution is -2.14. The first kappa shape index (κ1) is 13.2. The minimum Gasteiger partial charge on any atom is -0.457 e. The van der Waals surface area contributed by atoms with Crippen LogP contribution in [-0.4, -0.2) is 8.42 Å². The van der Waals surface area contributed by atoms with Gasteiger partial charge < -0.3 is 16.2 Å². The summed E-state index contributed by atoms with van der Waals surface area (Å²) in [5.41, 5.74) is 11.8. The number of sulfonamides is 1. The Morgan fingerprint density at radius 2 is 1.47 bits per heavy atom. The van der Waals surface area contributed by atoms with Gasteiger partial charge in [-0.3, -0.25) is 0 Å². The average Bonchev–Trinajstić information content (AvgIpc) is 2.33. The lowest BCUT2D eigenvalue weighted by Gasteiger charge is -2.09. The maximum atomic E-state index is 11.3. The van der Waals surface area contributed by atoms with E-state index >= 15 is 0 Å². The Bertz CT molecular complexity index is 697. The molecule has 0 atom stereocenters. The van der Waals surface area contributed by atoms with Crippen LogP contribution in [0.5, 0.6) is 11.5 Å². The number of primary sulfonamides is 1. The molecule has 0 amide bonds. The summed E-state index contributed by atoms with van der Waals surface area (Å²) in [6.07, 6.45) is 0. The monoisotopic (exact) mass is 279 g/mol. The predicted molar refractivity (Wildman–Crippen MR) is 73.2 cm³/mol. The fourth-order valence-electron chi connectivity index (χ4n) is 1.50. The van der Waals surface area contributed by atoms with Crippen molar-refractivity contribution in [2.75, 3.05) is 11.5 Å². The summed E-state index contributed by atoms with van der Waals surface area (Å²) in [4.78, 5) is -0.166. The van der Waals surface area contributed by atoms with Crippen molar-refractivity contribution in [3.8, 4) is 11.5 Å². The summed E-state index contributed by atoms with van der Waals surface area (Å²) >= 11 is 0. The fraction of sp³-hybridized carbons (Fsp3) is 0. The Balaban J connectivity index is 2.34. The number of rotatable bonds is 3. The molecular formula is C12H13N3O3S. The van der Waals surface area contributed by atoms with E-state index in [-0.39, 0.29) is 10.6 Å². The highest BCUT2D eigenvalue weighted by molar-refractivity contribution is 7.89. The molecule has 0 aliphatic rings. The second kappa shape index (κ2) is 4.79. The molecule has 0 fully saturated rings. The van der Waals surface area contributed by atoms with Crippen LogP contribution in [0.25, 0.3) is 0 Å². The van der Waals surface area contributed by atoms with Gasteiger partial charge in [-0.25, -0.2) is 13.6 Å². The topological polar surface area (TPSA) is 121 Å². The molecule has 6 N–H and O–H groups in total. The highest BCUT2D eigenvalue weighted by atomic mass is 32.2. The van der Waals surface area contributed by atoms with Crippen molar-refractivity contribution >= 4 is 21.4 Å². The van der Waals surface area contributed by atoms with Crippen molar-refractivity contribution in [1.29, 1.82) is 0 Å². The summed E-state index contributed by atoms with van der Waals surface area (Å²) in [5.74, 6) is 0.849. The maximum absolute atomic E-state index is 11.3. The zero-order chi connectivity index (χ0) is 14.0. The first-order chi connectivity index (χ1) is 8.86. The number of hydrogen-bond donors (Lipinski definition) is 3. The van der Waals surface area contributed by atoms with E-state index < -0.39 is 10.0 Å². The van der Waals surface area contributed by atoms with Crippen molar-refractivity contribution in [3.05, 3.63) is 42.5 Å². The molecule has 0 aliphatic carbocycles. The SMILES string of the molecule is Nc1ccc(Oc2ccc(N)c(S(N)(=O)=O)c2)cc1. The van der Waals surface area contributed by atoms with Gasteiger partial charge in [0.05, 0.1) is 5.69 Å². The summed E-state index contributed by atoms with van der Waals surface area (Å²) in [7, 11) is -3.88. The molecule has 0 saturated carbocycles. The van der Waals surface area contributed by atoms with E-state index in [1.807, 2.05) is 0 Å². The molecule has 7 heteroatoms. The van der Waals surface area contributed by atoms with Crippen LogP contribution in [0.3, 0.4) is 0 Å². The van der Waals surface area contributed by atoms with E-state index in [2.05, 4.69) is 0 Å². The Kier molecular flexibility index (Phi) is 3.32. The third kappa shape index (κ3) is 3.15. The zero-order valence-corrected chi connectivity index (χ0v) is 10.7. The molecule has 0 bridgehead atoms. The fourth-order valence-corrected chi connectivity index (χ4v) is 2.17. The van der Waals surface area contributed by atoms with Crippen molar-refractivity contribution in [2.24, 2.45) is 5.14 Å². The van der Waals surface area contributed by atoms with Crippen LogP contribution in [0.15, 0.2) is 47.4 Å². The summed E-state index contributed by atoms with van der Waals surface area (Å²) in [5, 5.41) is 5.06. The van der Waals surface area contributed by atoms with Gasteiger partial charge >= 0.3 is 0 Å². The molecule has 2 aromatic carbocycles. The zero-order valence-electron chi connectivity index (χ0n) is 9.91. The first-order valence-corrected chi connectivity index (χ1v) is 6.86. The Morgan fingerprint density at radius 3 is 2.05 bits per heavy atom. The molecule has 100 valence electrons. The van der Waals surface area contributed by atoms with Crippen molar-refractivity contribution < 1.29 is 13.2 Å². The molecule has 6 nitrogen and oxygen atoms in total. The number of hydrogen-bond acceptors (Lipinski definition) is 5. The molecule has 2 rings (SSSR count). The van der Waals surface area contributed by atoms with Crippen LogP contribution >= 0.6 is 0 Å².